The van der Waals surface area contributed by atoms with Gasteiger partial charge in [0.1, 0.15) is 0 Å². The van der Waals surface area contributed by atoms with E-state index in [-0.39, 0.29) is 0 Å². The standard InChI is InChI=1S/C56H40N4.4F6P/c1-7-45-35-46(8-1)50-12-4-16-54(38-50)58-29-21-42(22-30-58)44-25-33-60(34-26-44)56-18-6-14-52(40-56)48-10-2-9-47(36-48)51-13-5-17-55(39-51)59-31-23-43(24-32-59)41-19-27-57(28-20-41)53-15-3-11-49(45)37-53;4*1-7(2,3,4,5)6/h1-40H;;;;/q+4;4*-1. The van der Waals surface area contributed by atoms with E-state index in [9.17, 15) is 101 Å². The van der Waals surface area contributed by atoms with Crippen LogP contribution in [0.2, 0.25) is 0 Å². The molecule has 0 atom stereocenters. The fraction of sp³-hybridized carbons (Fsp3) is 0. The third-order valence-corrected chi connectivity index (χ3v) is 11.6. The zero-order chi connectivity index (χ0) is 65.5. The second-order valence-corrected chi connectivity index (χ2v) is 26.8. The summed E-state index contributed by atoms with van der Waals surface area (Å²) in [6.45, 7) is 0. The third-order valence-electron chi connectivity index (χ3n) is 11.6. The van der Waals surface area contributed by atoms with E-state index in [4.69, 9.17) is 0 Å². The summed E-state index contributed by atoms with van der Waals surface area (Å²) in [5.74, 6) is 0. The molecule has 32 heteroatoms. The van der Waals surface area contributed by atoms with Gasteiger partial charge in [0.25, 0.3) is 0 Å². The number of nitrogens with zero attached hydrogens (tertiary/aromatic N) is 4. The van der Waals surface area contributed by atoms with Crippen molar-refractivity contribution in [3.63, 3.8) is 0 Å². The second kappa shape index (κ2) is 20.8. The molecule has 4 nitrogen and oxygen atoms in total. The number of hydrogen-bond acceptors (Lipinski definition) is 0. The molecule has 17 aromatic rings. The Bertz CT molecular complexity index is 4120. The zero-order valence-electron chi connectivity index (χ0n) is 43.7. The van der Waals surface area contributed by atoms with E-state index >= 15 is 0 Å². The second-order valence-electron chi connectivity index (χ2n) is 19.2. The van der Waals surface area contributed by atoms with Crippen molar-refractivity contribution in [2.45, 2.75) is 0 Å². The Balaban J connectivity index is 0.000000329. The van der Waals surface area contributed by atoms with E-state index in [1.165, 1.54) is 64.6 Å². The van der Waals surface area contributed by atoms with E-state index in [0.717, 1.165) is 22.1 Å². The van der Waals surface area contributed by atoms with Crippen molar-refractivity contribution in [2.75, 3.05) is 0 Å². The molecule has 0 N–H and O–H groups in total. The fourth-order valence-corrected chi connectivity index (χ4v) is 8.31. The summed E-state index contributed by atoms with van der Waals surface area (Å²) >= 11 is 0. The molecular weight excluding hydrogens is 1310 g/mol. The molecule has 11 aromatic heterocycles. The van der Waals surface area contributed by atoms with Crippen LogP contribution in [0.4, 0.5) is 101 Å². The number of hydrogen-bond donors (Lipinski definition) is 0. The Morgan fingerprint density at radius 2 is 0.284 bits per heavy atom. The predicted octanol–water partition coefficient (Wildman–Crippen LogP) is 25.0. The summed E-state index contributed by atoms with van der Waals surface area (Å²) < 4.78 is 246. The van der Waals surface area contributed by atoms with Gasteiger partial charge in [-0.25, -0.2) is 0 Å². The van der Waals surface area contributed by atoms with Crippen LogP contribution < -0.4 is 17.6 Å². The number of halogens is 24. The third kappa shape index (κ3) is 26.5. The first-order valence-electron chi connectivity index (χ1n) is 24.4. The maximum Gasteiger partial charge on any atom is 0.211 e. The van der Waals surface area contributed by atoms with Crippen molar-refractivity contribution < 1.29 is 118 Å². The predicted molar refractivity (Wildman–Crippen MR) is 300 cm³/mol. The van der Waals surface area contributed by atoms with Gasteiger partial charge in [0.15, 0.2) is 49.6 Å². The Hall–Kier alpha value is -8.04. The molecular formula is C56H40F24N4P4. The largest absolute Gasteiger partial charge is 0.211 e. The van der Waals surface area contributed by atoms with Gasteiger partial charge >= 0.3 is 132 Å². The van der Waals surface area contributed by atoms with Gasteiger partial charge in [0.2, 0.25) is 22.1 Å². The quantitative estimate of drug-likeness (QED) is 0.0818. The summed E-state index contributed by atoms with van der Waals surface area (Å²) in [6, 6.07) is 70.2. The van der Waals surface area contributed by atoms with Gasteiger partial charge in [-0.1, -0.05) is 84.9 Å². The van der Waals surface area contributed by atoms with Crippen LogP contribution in [0.1, 0.15) is 0 Å². The molecule has 0 spiro atoms. The van der Waals surface area contributed by atoms with Gasteiger partial charge in [0.05, 0.1) is 0 Å². The molecule has 0 aliphatic carbocycles. The minimum Gasteiger partial charge on any atom is -0.167 e. The molecule has 0 unspecified atom stereocenters. The number of rotatable bonds is 0. The number of benzene rings is 6. The SMILES string of the molecule is F[P-](F)(F)(F)(F)F.F[P-](F)(F)(F)(F)F.F[P-](F)(F)(F)(F)F.F[P-](F)(F)(F)(F)F.c1cc2cc(c1)c1cccc(c1)[n+]1ccc(cc1)c1cc[n+](cc1)c1cccc(c1)c1cccc(c1)c1cccc(c1)[n+]1ccc(cc1)c1cc[n+](cc1)c1cccc2c1. The summed E-state index contributed by atoms with van der Waals surface area (Å²) in [6.07, 6.45) is 17.2. The Morgan fingerprint density at radius 1 is 0.159 bits per heavy atom. The van der Waals surface area contributed by atoms with Crippen molar-refractivity contribution in [3.05, 3.63) is 244 Å². The van der Waals surface area contributed by atoms with E-state index in [2.05, 4.69) is 261 Å². The van der Waals surface area contributed by atoms with Gasteiger partial charge in [-0.05, 0) is 76.8 Å². The number of pyridine rings is 4. The molecule has 0 aliphatic rings. The van der Waals surface area contributed by atoms with Crippen LogP contribution in [-0.4, -0.2) is 0 Å². The monoisotopic (exact) mass is 1350 g/mol. The molecule has 472 valence electrons. The van der Waals surface area contributed by atoms with Crippen molar-refractivity contribution >= 4 is 118 Å². The Labute approximate surface area is 478 Å². The molecule has 0 fully saturated rings. The maximum atomic E-state index is 9.87. The van der Waals surface area contributed by atoms with E-state index < -0.39 is 31.2 Å². The summed E-state index contributed by atoms with van der Waals surface area (Å²) in [4.78, 5) is 0. The van der Waals surface area contributed by atoms with Crippen LogP contribution in [0.15, 0.2) is 244 Å². The molecule has 11 heterocycles. The number of aromatic nitrogens is 4. The molecule has 0 saturated heterocycles. The van der Waals surface area contributed by atoms with Crippen LogP contribution in [0.25, 0.3) is 86.7 Å². The first-order chi connectivity index (χ1) is 39.5. The van der Waals surface area contributed by atoms with Gasteiger partial charge in [0, 0.05) is 97.1 Å². The smallest absolute Gasteiger partial charge is 0.167 e. The van der Waals surface area contributed by atoms with Crippen molar-refractivity contribution in [3.8, 4) is 0 Å². The van der Waals surface area contributed by atoms with Crippen LogP contribution in [0.5, 0.6) is 0 Å². The average molecular weight is 1350 g/mol. The molecule has 20 bridgehead atoms. The summed E-state index contributed by atoms with van der Waals surface area (Å²) in [5, 5.41) is 14.1. The van der Waals surface area contributed by atoms with Crippen LogP contribution in [0, 0.1) is 0 Å². The van der Waals surface area contributed by atoms with Gasteiger partial charge in [-0.3, -0.25) is 0 Å². The van der Waals surface area contributed by atoms with Crippen molar-refractivity contribution in [1.29, 1.82) is 0 Å². The van der Waals surface area contributed by atoms with E-state index in [1.54, 1.807) is 0 Å². The van der Waals surface area contributed by atoms with Crippen LogP contribution in [-0.2, 0) is 0 Å². The topological polar surface area (TPSA) is 16.4 Å². The molecule has 0 amide bonds. The minimum atomic E-state index is -10.7. The minimum absolute atomic E-state index is 1.11. The van der Waals surface area contributed by atoms with Crippen molar-refractivity contribution in [2.24, 2.45) is 0 Å². The van der Waals surface area contributed by atoms with Gasteiger partial charge in [-0.15, -0.1) is 0 Å². The fourth-order valence-electron chi connectivity index (χ4n) is 8.31. The molecule has 17 rings (SSSR count). The molecule has 88 heavy (non-hydrogen) atoms. The van der Waals surface area contributed by atoms with Crippen molar-refractivity contribution in [1.82, 2.24) is 0 Å². The average Bonchev–Trinajstić information content (AvgIpc) is 1.99. The van der Waals surface area contributed by atoms with E-state index in [0.29, 0.717) is 0 Å². The summed E-state index contributed by atoms with van der Waals surface area (Å²) in [5.41, 5.74) is 4.46. The van der Waals surface area contributed by atoms with Gasteiger partial charge in [-0.2, -0.15) is 17.6 Å². The zero-order valence-corrected chi connectivity index (χ0v) is 47.3. The first-order valence-corrected chi connectivity index (χ1v) is 32.5. The maximum absolute atomic E-state index is 10.7. The van der Waals surface area contributed by atoms with Gasteiger partial charge < -0.3 is 0 Å². The van der Waals surface area contributed by atoms with Crippen LogP contribution >= 0.6 is 31.2 Å². The van der Waals surface area contributed by atoms with E-state index in [1.807, 2.05) is 0 Å². The van der Waals surface area contributed by atoms with Crippen LogP contribution in [0.3, 0.4) is 0 Å². The Morgan fingerprint density at radius 3 is 0.432 bits per heavy atom. The Kier molecular flexibility index (Phi) is 15.9. The first kappa shape index (κ1) is 67.5. The summed E-state index contributed by atoms with van der Waals surface area (Å²) in [7, 11) is -42.6. The molecule has 0 aliphatic heterocycles. The molecule has 0 radical (unpaired) electrons. The molecule has 0 saturated carbocycles. The molecule has 6 aromatic carbocycles. The normalized spacial score (nSPS) is 15.1.